The zero-order valence-corrected chi connectivity index (χ0v) is 19.9. The summed E-state index contributed by atoms with van der Waals surface area (Å²) in [5.74, 6) is -0.391. The van der Waals surface area contributed by atoms with Gasteiger partial charge in [-0.15, -0.1) is 0 Å². The second-order valence-electron chi connectivity index (χ2n) is 6.90. The summed E-state index contributed by atoms with van der Waals surface area (Å²) in [6.07, 6.45) is 1.24. The first-order chi connectivity index (χ1) is 15.1. The lowest BCUT2D eigenvalue weighted by molar-refractivity contribution is 0.0941. The molecule has 0 aliphatic carbocycles. The Bertz CT molecular complexity index is 1460. The van der Waals surface area contributed by atoms with Crippen LogP contribution in [0.5, 0.6) is 0 Å². The molecule has 0 saturated carbocycles. The van der Waals surface area contributed by atoms with Gasteiger partial charge in [0.25, 0.3) is 20.0 Å². The summed E-state index contributed by atoms with van der Waals surface area (Å²) in [4.78, 5) is 11.9. The summed E-state index contributed by atoms with van der Waals surface area (Å²) < 4.78 is 57.0. The molecular weight excluding hydrogens is 516 g/mol. The maximum Gasteiger partial charge on any atom is 0.277 e. The lowest BCUT2D eigenvalue weighted by Crippen LogP contribution is -2.37. The number of carbonyl (C=O) groups is 1. The molecule has 0 spiro atoms. The third kappa shape index (κ3) is 3.74. The molecule has 0 N–H and O–H groups in total. The molecule has 1 heterocycles. The Hall–Kier alpha value is -2.95. The molecule has 0 radical (unpaired) electrons. The topological polar surface area (TPSA) is 93.5 Å². The summed E-state index contributed by atoms with van der Waals surface area (Å²) in [7, 11) is -9.14. The van der Waals surface area contributed by atoms with Crippen molar-refractivity contribution in [3.8, 4) is 0 Å². The highest BCUT2D eigenvalue weighted by Crippen LogP contribution is 2.38. The van der Waals surface area contributed by atoms with E-state index >= 15 is 0 Å². The van der Waals surface area contributed by atoms with Crippen molar-refractivity contribution < 1.29 is 21.6 Å². The van der Waals surface area contributed by atoms with Gasteiger partial charge in [0.1, 0.15) is 0 Å². The number of hydrogen-bond donors (Lipinski definition) is 0. The first-order valence-electron chi connectivity index (χ1n) is 9.36. The van der Waals surface area contributed by atoms with Gasteiger partial charge in [0, 0.05) is 23.0 Å². The number of anilines is 1. The molecule has 0 fully saturated rings. The van der Waals surface area contributed by atoms with Gasteiger partial charge in [-0.2, -0.15) is 3.71 Å². The lowest BCUT2D eigenvalue weighted by atomic mass is 10.2. The summed E-state index contributed by atoms with van der Waals surface area (Å²) >= 11 is 3.34. The van der Waals surface area contributed by atoms with Gasteiger partial charge < -0.3 is 0 Å². The normalized spacial score (nSPS) is 12.1. The van der Waals surface area contributed by atoms with Crippen LogP contribution in [0.4, 0.5) is 5.69 Å². The van der Waals surface area contributed by atoms with Gasteiger partial charge in [-0.3, -0.25) is 9.36 Å². The van der Waals surface area contributed by atoms with Crippen molar-refractivity contribution in [3.63, 3.8) is 0 Å². The molecule has 3 aromatic carbocycles. The van der Waals surface area contributed by atoms with Gasteiger partial charge in [0.2, 0.25) is 5.91 Å². The van der Waals surface area contributed by atoms with Crippen LogP contribution in [0, 0.1) is 0 Å². The summed E-state index contributed by atoms with van der Waals surface area (Å²) in [6.45, 7) is 1.31. The smallest absolute Gasteiger partial charge is 0.277 e. The van der Waals surface area contributed by atoms with E-state index in [0.717, 1.165) is 0 Å². The van der Waals surface area contributed by atoms with Crippen LogP contribution in [0.15, 0.2) is 99.3 Å². The van der Waals surface area contributed by atoms with Crippen LogP contribution in [-0.4, -0.2) is 27.3 Å². The molecule has 1 aromatic heterocycles. The number of sulfonamides is 2. The molecule has 4 rings (SSSR count). The molecule has 0 aliphatic rings. The molecule has 0 atom stereocenters. The Labute approximate surface area is 194 Å². The van der Waals surface area contributed by atoms with E-state index in [1.165, 1.54) is 66.2 Å². The summed E-state index contributed by atoms with van der Waals surface area (Å²) in [5, 5.41) is 0.286. The van der Waals surface area contributed by atoms with Crippen LogP contribution in [0.2, 0.25) is 0 Å². The predicted molar refractivity (Wildman–Crippen MR) is 126 cm³/mol. The highest BCUT2D eigenvalue weighted by atomic mass is 79.9. The molecule has 164 valence electrons. The van der Waals surface area contributed by atoms with Gasteiger partial charge in [-0.05, 0) is 42.5 Å². The maximum absolute atomic E-state index is 13.7. The number of aromatic nitrogens is 1. The number of hydrogen-bond acceptors (Lipinski definition) is 5. The van der Waals surface area contributed by atoms with Gasteiger partial charge in [0.15, 0.2) is 0 Å². The Kier molecular flexibility index (Phi) is 5.70. The van der Waals surface area contributed by atoms with Crippen LogP contribution in [0.1, 0.15) is 11.7 Å². The second kappa shape index (κ2) is 8.19. The van der Waals surface area contributed by atoms with Crippen molar-refractivity contribution >= 4 is 58.5 Å². The number of nitrogens with zero attached hydrogens (tertiary/aromatic N) is 2. The van der Waals surface area contributed by atoms with Crippen LogP contribution in [0.3, 0.4) is 0 Å². The molecule has 0 bridgehead atoms. The fourth-order valence-corrected chi connectivity index (χ4v) is 7.46. The highest BCUT2D eigenvalue weighted by Gasteiger charge is 2.39. The molecule has 4 aromatic rings. The number of benzene rings is 3. The third-order valence-corrected chi connectivity index (χ3v) is 9.47. The van der Waals surface area contributed by atoms with Crippen molar-refractivity contribution in [1.29, 1.82) is 0 Å². The minimum atomic E-state index is -4.57. The predicted octanol–water partition coefficient (Wildman–Crippen LogP) is 4.65. The fraction of sp³-hybridized carbons (Fsp3) is 0.0455. The molecule has 32 heavy (non-hydrogen) atoms. The summed E-state index contributed by atoms with van der Waals surface area (Å²) in [6, 6.07) is 19.5. The minimum Gasteiger partial charge on any atom is -0.285 e. The van der Waals surface area contributed by atoms with E-state index in [1.807, 2.05) is 0 Å². The van der Waals surface area contributed by atoms with Crippen molar-refractivity contribution in [2.24, 2.45) is 0 Å². The van der Waals surface area contributed by atoms with Crippen LogP contribution < -0.4 is 3.71 Å². The van der Waals surface area contributed by atoms with Crippen molar-refractivity contribution in [3.05, 3.63) is 89.5 Å². The van der Waals surface area contributed by atoms with E-state index in [9.17, 15) is 21.6 Å². The van der Waals surface area contributed by atoms with E-state index in [4.69, 9.17) is 0 Å². The Balaban J connectivity index is 2.11. The van der Waals surface area contributed by atoms with E-state index in [-0.39, 0.29) is 20.9 Å². The van der Waals surface area contributed by atoms with Gasteiger partial charge >= 0.3 is 0 Å². The third-order valence-electron chi connectivity index (χ3n) is 4.80. The maximum atomic E-state index is 13.7. The standard InChI is InChI=1S/C22H17BrN2O5S2/c1-16(26)24-15-22(20-14-17(23)12-13-21(20)24)25(31(27,28)18-8-4-2-5-9-18)32(29,30)19-10-6-3-7-11-19/h2-15H,1H3. The van der Waals surface area contributed by atoms with Crippen LogP contribution >= 0.6 is 15.9 Å². The van der Waals surface area contributed by atoms with E-state index in [2.05, 4.69) is 15.9 Å². The fourth-order valence-electron chi connectivity index (χ4n) is 3.36. The minimum absolute atomic E-state index is 0.149. The monoisotopic (exact) mass is 532 g/mol. The van der Waals surface area contributed by atoms with Gasteiger partial charge in [0.05, 0.1) is 21.0 Å². The number of fused-ring (bicyclic) bond motifs is 1. The molecule has 0 unspecified atom stereocenters. The first-order valence-corrected chi connectivity index (χ1v) is 13.0. The second-order valence-corrected chi connectivity index (χ2v) is 11.6. The number of carbonyl (C=O) groups excluding carboxylic acids is 1. The molecule has 0 amide bonds. The quantitative estimate of drug-likeness (QED) is 0.373. The van der Waals surface area contributed by atoms with E-state index in [1.54, 1.807) is 30.3 Å². The SMILES string of the molecule is CC(=O)n1cc(N(S(=O)(=O)c2ccccc2)S(=O)(=O)c2ccccc2)c2cc(Br)ccc21. The highest BCUT2D eigenvalue weighted by molar-refractivity contribution is 9.10. The summed E-state index contributed by atoms with van der Waals surface area (Å²) in [5.41, 5.74) is 0.233. The Morgan fingerprint density at radius 3 is 1.78 bits per heavy atom. The van der Waals surface area contributed by atoms with Gasteiger partial charge in [-0.25, -0.2) is 16.8 Å². The molecule has 7 nitrogen and oxygen atoms in total. The van der Waals surface area contributed by atoms with Crippen molar-refractivity contribution in [1.82, 2.24) is 4.57 Å². The van der Waals surface area contributed by atoms with Crippen LogP contribution in [0.25, 0.3) is 10.9 Å². The Morgan fingerprint density at radius 1 is 0.812 bits per heavy atom. The largest absolute Gasteiger partial charge is 0.285 e. The zero-order chi connectivity index (χ0) is 23.1. The molecule has 10 heteroatoms. The lowest BCUT2D eigenvalue weighted by Gasteiger charge is -2.23. The molecular formula is C22H17BrN2O5S2. The Morgan fingerprint density at radius 2 is 1.31 bits per heavy atom. The van der Waals surface area contributed by atoms with E-state index in [0.29, 0.717) is 13.7 Å². The van der Waals surface area contributed by atoms with E-state index < -0.39 is 26.0 Å². The van der Waals surface area contributed by atoms with Crippen molar-refractivity contribution in [2.45, 2.75) is 16.7 Å². The molecule has 0 saturated heterocycles. The van der Waals surface area contributed by atoms with Gasteiger partial charge in [-0.1, -0.05) is 52.3 Å². The number of halogens is 1. The molecule has 0 aliphatic heterocycles. The van der Waals surface area contributed by atoms with Crippen LogP contribution in [-0.2, 0) is 20.0 Å². The first kappa shape index (κ1) is 22.3. The average Bonchev–Trinajstić information content (AvgIpc) is 3.13. The zero-order valence-electron chi connectivity index (χ0n) is 16.7. The number of rotatable bonds is 5. The average molecular weight is 533 g/mol. The van der Waals surface area contributed by atoms with Crippen molar-refractivity contribution in [2.75, 3.05) is 3.71 Å².